The molecule has 1 heterocycles. The monoisotopic (exact) mass is 481 g/mol. The predicted molar refractivity (Wildman–Crippen MR) is 125 cm³/mol. The smallest absolute Gasteiger partial charge is 0.407 e. The van der Waals surface area contributed by atoms with Gasteiger partial charge >= 0.3 is 18.0 Å². The lowest BCUT2D eigenvalue weighted by Crippen LogP contribution is -2.43. The van der Waals surface area contributed by atoms with Gasteiger partial charge in [0.05, 0.1) is 6.61 Å². The summed E-state index contributed by atoms with van der Waals surface area (Å²) in [5.41, 5.74) is 4.37. The Bertz CT molecular complexity index is 1050. The molecule has 1 fully saturated rings. The van der Waals surface area contributed by atoms with E-state index in [1.165, 1.54) is 6.08 Å². The first-order chi connectivity index (χ1) is 17.0. The van der Waals surface area contributed by atoms with E-state index >= 15 is 0 Å². The molecule has 1 saturated heterocycles. The molecule has 0 spiro atoms. The Labute approximate surface area is 202 Å². The molecular weight excluding hydrogens is 454 g/mol. The maximum Gasteiger partial charge on any atom is 0.407 e. The van der Waals surface area contributed by atoms with Gasteiger partial charge in [-0.15, -0.1) is 0 Å². The van der Waals surface area contributed by atoms with Crippen LogP contribution in [0, 0.1) is 0 Å². The number of rotatable bonds is 10. The van der Waals surface area contributed by atoms with Crippen molar-refractivity contribution in [2.24, 2.45) is 0 Å². The zero-order chi connectivity index (χ0) is 24.8. The number of ether oxygens (including phenoxy) is 4. The summed E-state index contributed by atoms with van der Waals surface area (Å²) >= 11 is 0. The molecule has 9 heteroatoms. The Morgan fingerprint density at radius 3 is 2.34 bits per heavy atom. The van der Waals surface area contributed by atoms with Crippen LogP contribution in [-0.4, -0.2) is 61.4 Å². The number of hydrogen-bond acceptors (Lipinski definition) is 7. The largest absolute Gasteiger partial charge is 0.479 e. The number of carboxylic acids is 1. The van der Waals surface area contributed by atoms with Crippen molar-refractivity contribution < 1.29 is 38.4 Å². The number of alkyl carbamates (subject to hydrolysis) is 1. The Morgan fingerprint density at radius 1 is 1.09 bits per heavy atom. The van der Waals surface area contributed by atoms with Crippen LogP contribution in [0.5, 0.6) is 0 Å². The molecule has 2 aliphatic rings. The highest BCUT2D eigenvalue weighted by Crippen LogP contribution is 2.44. The lowest BCUT2D eigenvalue weighted by molar-refractivity contribution is -0.152. The topological polar surface area (TPSA) is 120 Å². The van der Waals surface area contributed by atoms with Gasteiger partial charge in [0.1, 0.15) is 19.3 Å². The van der Waals surface area contributed by atoms with E-state index < -0.39 is 36.5 Å². The molecule has 1 aliphatic carbocycles. The average Bonchev–Trinajstić information content (AvgIpc) is 3.47. The van der Waals surface area contributed by atoms with E-state index in [-0.39, 0.29) is 38.6 Å². The minimum Gasteiger partial charge on any atom is -0.479 e. The molecule has 3 atom stereocenters. The van der Waals surface area contributed by atoms with Crippen LogP contribution in [0.25, 0.3) is 11.1 Å². The molecule has 1 aliphatic heterocycles. The van der Waals surface area contributed by atoms with Crippen LogP contribution in [0.3, 0.4) is 0 Å². The molecular formula is C26H27NO8. The van der Waals surface area contributed by atoms with Gasteiger partial charge in [0, 0.05) is 12.3 Å². The number of fused-ring (bicyclic) bond motifs is 3. The number of carbonyl (C=O) groups excluding carboxylic acids is 2. The number of carbonyl (C=O) groups is 3. The number of esters is 1. The molecule has 2 unspecified atom stereocenters. The van der Waals surface area contributed by atoms with Crippen molar-refractivity contribution in [2.75, 3.05) is 19.8 Å². The summed E-state index contributed by atoms with van der Waals surface area (Å²) in [6.07, 6.45) is -0.901. The van der Waals surface area contributed by atoms with E-state index in [9.17, 15) is 14.4 Å². The molecule has 184 valence electrons. The Balaban J connectivity index is 1.36. The number of benzene rings is 2. The lowest BCUT2D eigenvalue weighted by Gasteiger charge is -2.20. The predicted octanol–water partition coefficient (Wildman–Crippen LogP) is 3.23. The molecule has 2 aromatic carbocycles. The van der Waals surface area contributed by atoms with Crippen LogP contribution < -0.4 is 5.32 Å². The standard InChI is InChI=1S/C26H27NO8/c1-2-13-32-25(30)21(11-12-23-33-15-22(35-23)24(28)29)27-26(31)34-14-20-18-9-5-3-7-16(18)17-8-4-6-10-19(17)20/h2-10,20-23H,1,11-15H2,(H,27,31)(H,28,29)/t21-,22?,23?/m0/s1. The van der Waals surface area contributed by atoms with Crippen LogP contribution >= 0.6 is 0 Å². The van der Waals surface area contributed by atoms with Crippen molar-refractivity contribution in [1.82, 2.24) is 5.32 Å². The van der Waals surface area contributed by atoms with Gasteiger partial charge in [-0.25, -0.2) is 14.4 Å². The fourth-order valence-corrected chi connectivity index (χ4v) is 4.31. The van der Waals surface area contributed by atoms with Crippen molar-refractivity contribution in [3.63, 3.8) is 0 Å². The van der Waals surface area contributed by atoms with E-state index in [4.69, 9.17) is 24.1 Å². The van der Waals surface area contributed by atoms with Gasteiger partial charge in [-0.3, -0.25) is 0 Å². The zero-order valence-electron chi connectivity index (χ0n) is 19.1. The lowest BCUT2D eigenvalue weighted by atomic mass is 9.98. The Kier molecular flexibility index (Phi) is 7.79. The van der Waals surface area contributed by atoms with Crippen LogP contribution in [0.15, 0.2) is 61.2 Å². The summed E-state index contributed by atoms with van der Waals surface area (Å²) in [5.74, 6) is -1.90. The third-order valence-corrected chi connectivity index (χ3v) is 5.98. The summed E-state index contributed by atoms with van der Waals surface area (Å²) in [6.45, 7) is 3.52. The van der Waals surface area contributed by atoms with Crippen molar-refractivity contribution in [2.45, 2.75) is 37.2 Å². The molecule has 0 saturated carbocycles. The van der Waals surface area contributed by atoms with Crippen molar-refractivity contribution in [3.8, 4) is 11.1 Å². The molecule has 35 heavy (non-hydrogen) atoms. The number of carboxylic acid groups (broad SMARTS) is 1. The van der Waals surface area contributed by atoms with E-state index in [0.717, 1.165) is 22.3 Å². The first kappa shape index (κ1) is 24.4. The summed E-state index contributed by atoms with van der Waals surface area (Å²) in [7, 11) is 0. The highest BCUT2D eigenvalue weighted by Gasteiger charge is 2.34. The van der Waals surface area contributed by atoms with Gasteiger partial charge in [0.15, 0.2) is 12.4 Å². The second-order valence-electron chi connectivity index (χ2n) is 8.24. The van der Waals surface area contributed by atoms with Crippen LogP contribution in [0.1, 0.15) is 29.9 Å². The minimum absolute atomic E-state index is 0.0147. The third-order valence-electron chi connectivity index (χ3n) is 5.98. The third kappa shape index (κ3) is 5.70. The van der Waals surface area contributed by atoms with Gasteiger partial charge in [0.2, 0.25) is 0 Å². The summed E-state index contributed by atoms with van der Waals surface area (Å²) in [5, 5.41) is 11.6. The maximum absolute atomic E-state index is 12.6. The second kappa shape index (κ2) is 11.2. The van der Waals surface area contributed by atoms with Gasteiger partial charge in [-0.05, 0) is 28.7 Å². The summed E-state index contributed by atoms with van der Waals surface area (Å²) in [4.78, 5) is 36.2. The first-order valence-corrected chi connectivity index (χ1v) is 11.4. The Morgan fingerprint density at radius 2 is 1.74 bits per heavy atom. The minimum atomic E-state index is -1.12. The zero-order valence-corrected chi connectivity index (χ0v) is 19.1. The van der Waals surface area contributed by atoms with Crippen LogP contribution in [0.2, 0.25) is 0 Å². The van der Waals surface area contributed by atoms with Crippen LogP contribution in [-0.2, 0) is 28.5 Å². The Hall–Kier alpha value is -3.69. The van der Waals surface area contributed by atoms with Gasteiger partial charge in [0.25, 0.3) is 0 Å². The quantitative estimate of drug-likeness (QED) is 0.392. The fraction of sp³-hybridized carbons (Fsp3) is 0.346. The molecule has 1 amide bonds. The number of aliphatic carboxylic acids is 1. The van der Waals surface area contributed by atoms with E-state index in [2.05, 4.69) is 11.9 Å². The van der Waals surface area contributed by atoms with E-state index in [0.29, 0.717) is 0 Å². The number of nitrogens with one attached hydrogen (secondary N) is 1. The molecule has 0 radical (unpaired) electrons. The molecule has 0 aromatic heterocycles. The fourth-order valence-electron chi connectivity index (χ4n) is 4.31. The normalized spacial score (nSPS) is 19.3. The van der Waals surface area contributed by atoms with Gasteiger partial charge < -0.3 is 29.4 Å². The first-order valence-electron chi connectivity index (χ1n) is 11.4. The van der Waals surface area contributed by atoms with E-state index in [1.807, 2.05) is 48.5 Å². The van der Waals surface area contributed by atoms with Gasteiger partial charge in [-0.2, -0.15) is 0 Å². The summed E-state index contributed by atoms with van der Waals surface area (Å²) < 4.78 is 21.2. The molecule has 2 aromatic rings. The molecule has 0 bridgehead atoms. The summed E-state index contributed by atoms with van der Waals surface area (Å²) in [6, 6.07) is 14.9. The number of hydrogen-bond donors (Lipinski definition) is 2. The highest BCUT2D eigenvalue weighted by atomic mass is 16.7. The molecule has 9 nitrogen and oxygen atoms in total. The van der Waals surface area contributed by atoms with Crippen molar-refractivity contribution in [3.05, 3.63) is 72.3 Å². The number of amides is 1. The van der Waals surface area contributed by atoms with Crippen LogP contribution in [0.4, 0.5) is 4.79 Å². The van der Waals surface area contributed by atoms with E-state index in [1.54, 1.807) is 0 Å². The SMILES string of the molecule is C=CCOC(=O)[C@H](CCC1OCC(C(=O)O)O1)NC(=O)OCC1c2ccccc2-c2ccccc21. The average molecular weight is 482 g/mol. The second-order valence-corrected chi connectivity index (χ2v) is 8.24. The molecule has 2 N–H and O–H groups in total. The molecule has 4 rings (SSSR count). The van der Waals surface area contributed by atoms with Gasteiger partial charge in [-0.1, -0.05) is 61.2 Å². The maximum atomic E-state index is 12.6. The highest BCUT2D eigenvalue weighted by molar-refractivity contribution is 5.82. The van der Waals surface area contributed by atoms with Crippen molar-refractivity contribution in [1.29, 1.82) is 0 Å². The van der Waals surface area contributed by atoms with Crippen molar-refractivity contribution >= 4 is 18.0 Å².